The minimum absolute atomic E-state index is 0.0106. The number of carboxylic acid groups (broad SMARTS) is 1. The van der Waals surface area contributed by atoms with Crippen LogP contribution in [0.2, 0.25) is 0 Å². The summed E-state index contributed by atoms with van der Waals surface area (Å²) < 4.78 is 26.9. The lowest BCUT2D eigenvalue weighted by atomic mass is 10.2. The summed E-state index contributed by atoms with van der Waals surface area (Å²) in [5.41, 5.74) is 0.468. The molecule has 1 aromatic rings. The zero-order chi connectivity index (χ0) is 19.0. The topological polar surface area (TPSA) is 116 Å². The van der Waals surface area contributed by atoms with Crippen molar-refractivity contribution in [3.63, 3.8) is 0 Å². The van der Waals surface area contributed by atoms with Crippen LogP contribution in [0.4, 0.5) is 10.5 Å². The number of amides is 2. The van der Waals surface area contributed by atoms with Crippen molar-refractivity contribution in [1.82, 2.24) is 9.62 Å². The quantitative estimate of drug-likeness (QED) is 0.625. The van der Waals surface area contributed by atoms with E-state index in [1.54, 1.807) is 12.1 Å². The summed E-state index contributed by atoms with van der Waals surface area (Å²) in [5.74, 6) is -0.909. The first-order chi connectivity index (χ1) is 12.4. The van der Waals surface area contributed by atoms with E-state index in [0.717, 1.165) is 25.7 Å². The number of nitrogens with one attached hydrogen (secondary N) is 2. The molecule has 1 aromatic carbocycles. The van der Waals surface area contributed by atoms with Gasteiger partial charge in [0.1, 0.15) is 0 Å². The summed E-state index contributed by atoms with van der Waals surface area (Å²) in [4.78, 5) is 22.3. The van der Waals surface area contributed by atoms with Gasteiger partial charge in [-0.05, 0) is 43.5 Å². The molecule has 0 saturated carbocycles. The molecule has 2 amide bonds. The molecular formula is C17H25N3O5S. The first-order valence-electron chi connectivity index (χ1n) is 8.76. The van der Waals surface area contributed by atoms with Crippen molar-refractivity contribution in [3.8, 4) is 0 Å². The van der Waals surface area contributed by atoms with Crippen LogP contribution < -0.4 is 10.6 Å². The molecule has 1 saturated heterocycles. The zero-order valence-electron chi connectivity index (χ0n) is 14.6. The standard InChI is InChI=1S/C17H25N3O5S/c21-16(22)6-5-11-18-17(23)19-14-7-9-15(10-8-14)26(24,25)20-12-3-1-2-4-13-20/h7-10H,1-6,11-13H2,(H,21,22)(H2,18,19,23). The Bertz CT molecular complexity index is 710. The summed E-state index contributed by atoms with van der Waals surface area (Å²) in [7, 11) is -3.51. The van der Waals surface area contributed by atoms with E-state index in [0.29, 0.717) is 25.2 Å². The van der Waals surface area contributed by atoms with Crippen LogP contribution in [-0.4, -0.2) is 49.5 Å². The Balaban J connectivity index is 1.90. The smallest absolute Gasteiger partial charge is 0.319 e. The van der Waals surface area contributed by atoms with Gasteiger partial charge in [-0.15, -0.1) is 0 Å². The zero-order valence-corrected chi connectivity index (χ0v) is 15.4. The first kappa shape index (κ1) is 20.2. The largest absolute Gasteiger partial charge is 0.481 e. The summed E-state index contributed by atoms with van der Waals surface area (Å²) >= 11 is 0. The van der Waals surface area contributed by atoms with E-state index in [2.05, 4.69) is 10.6 Å². The Hall–Kier alpha value is -2.13. The summed E-state index contributed by atoms with van der Waals surface area (Å²) in [6, 6.07) is 5.60. The number of carbonyl (C=O) groups is 2. The number of benzene rings is 1. The molecule has 8 nitrogen and oxygen atoms in total. The minimum Gasteiger partial charge on any atom is -0.481 e. The molecule has 26 heavy (non-hydrogen) atoms. The molecule has 0 aliphatic carbocycles. The van der Waals surface area contributed by atoms with Crippen LogP contribution in [0.25, 0.3) is 0 Å². The number of hydrogen-bond acceptors (Lipinski definition) is 4. The lowest BCUT2D eigenvalue weighted by molar-refractivity contribution is -0.137. The first-order valence-corrected chi connectivity index (χ1v) is 10.2. The number of hydrogen-bond donors (Lipinski definition) is 3. The van der Waals surface area contributed by atoms with Gasteiger partial charge in [-0.1, -0.05) is 12.8 Å². The van der Waals surface area contributed by atoms with Gasteiger partial charge in [0, 0.05) is 31.7 Å². The van der Waals surface area contributed by atoms with Crippen molar-refractivity contribution in [2.24, 2.45) is 0 Å². The molecule has 0 bridgehead atoms. The van der Waals surface area contributed by atoms with Crippen LogP contribution in [0, 0.1) is 0 Å². The molecule has 144 valence electrons. The monoisotopic (exact) mass is 383 g/mol. The fourth-order valence-corrected chi connectivity index (χ4v) is 4.28. The molecule has 3 N–H and O–H groups in total. The fraction of sp³-hybridized carbons (Fsp3) is 0.529. The molecule has 2 rings (SSSR count). The van der Waals surface area contributed by atoms with Gasteiger partial charge in [0.25, 0.3) is 0 Å². The maximum absolute atomic E-state index is 12.7. The number of rotatable bonds is 7. The molecule has 0 aromatic heterocycles. The minimum atomic E-state index is -3.51. The molecule has 0 atom stereocenters. The lowest BCUT2D eigenvalue weighted by Crippen LogP contribution is -2.32. The predicted octanol–water partition coefficient (Wildman–Crippen LogP) is 2.24. The highest BCUT2D eigenvalue weighted by Gasteiger charge is 2.24. The van der Waals surface area contributed by atoms with Crippen molar-refractivity contribution in [1.29, 1.82) is 0 Å². The van der Waals surface area contributed by atoms with E-state index in [4.69, 9.17) is 5.11 Å². The molecule has 9 heteroatoms. The molecule has 0 spiro atoms. The number of urea groups is 1. The van der Waals surface area contributed by atoms with E-state index >= 15 is 0 Å². The second-order valence-corrected chi connectivity index (χ2v) is 8.16. The second-order valence-electron chi connectivity index (χ2n) is 6.22. The number of aliphatic carboxylic acids is 1. The van der Waals surface area contributed by atoms with E-state index in [-0.39, 0.29) is 17.9 Å². The average molecular weight is 383 g/mol. The molecular weight excluding hydrogens is 358 g/mol. The van der Waals surface area contributed by atoms with Gasteiger partial charge in [0.05, 0.1) is 4.90 Å². The van der Waals surface area contributed by atoms with Crippen LogP contribution in [0.15, 0.2) is 29.2 Å². The van der Waals surface area contributed by atoms with Gasteiger partial charge in [-0.2, -0.15) is 4.31 Å². The number of carboxylic acids is 1. The molecule has 0 radical (unpaired) electrons. The third kappa shape index (κ3) is 5.99. The Morgan fingerprint density at radius 3 is 2.23 bits per heavy atom. The van der Waals surface area contributed by atoms with Crippen LogP contribution in [0.3, 0.4) is 0 Å². The number of sulfonamides is 1. The molecule has 0 unspecified atom stereocenters. The predicted molar refractivity (Wildman–Crippen MR) is 97.6 cm³/mol. The van der Waals surface area contributed by atoms with Crippen LogP contribution in [-0.2, 0) is 14.8 Å². The molecule has 1 aliphatic rings. The maximum Gasteiger partial charge on any atom is 0.319 e. The third-order valence-corrected chi connectivity index (χ3v) is 6.08. The highest BCUT2D eigenvalue weighted by molar-refractivity contribution is 7.89. The van der Waals surface area contributed by atoms with Crippen molar-refractivity contribution >= 4 is 27.7 Å². The van der Waals surface area contributed by atoms with E-state index in [9.17, 15) is 18.0 Å². The van der Waals surface area contributed by atoms with Crippen molar-refractivity contribution in [2.75, 3.05) is 25.0 Å². The van der Waals surface area contributed by atoms with Gasteiger partial charge < -0.3 is 15.7 Å². The molecule has 1 fully saturated rings. The normalized spacial score (nSPS) is 15.8. The fourth-order valence-electron chi connectivity index (χ4n) is 2.76. The highest BCUT2D eigenvalue weighted by atomic mass is 32.2. The van der Waals surface area contributed by atoms with E-state index in [1.165, 1.54) is 16.4 Å². The Kier molecular flexibility index (Phi) is 7.40. The van der Waals surface area contributed by atoms with Gasteiger partial charge >= 0.3 is 12.0 Å². The SMILES string of the molecule is O=C(O)CCCNC(=O)Nc1ccc(S(=O)(=O)N2CCCCCC2)cc1. The number of anilines is 1. The third-order valence-electron chi connectivity index (χ3n) is 4.17. The second kappa shape index (κ2) is 9.54. The van der Waals surface area contributed by atoms with E-state index in [1.807, 2.05) is 0 Å². The lowest BCUT2D eigenvalue weighted by Gasteiger charge is -2.20. The molecule has 1 aliphatic heterocycles. The Morgan fingerprint density at radius 2 is 1.65 bits per heavy atom. The van der Waals surface area contributed by atoms with Gasteiger partial charge in [-0.3, -0.25) is 4.79 Å². The summed E-state index contributed by atoms with van der Waals surface area (Å²) in [6.07, 6.45) is 4.19. The van der Waals surface area contributed by atoms with Gasteiger partial charge in [0.2, 0.25) is 10.0 Å². The highest BCUT2D eigenvalue weighted by Crippen LogP contribution is 2.21. The molecule has 1 heterocycles. The van der Waals surface area contributed by atoms with Crippen LogP contribution in [0.1, 0.15) is 38.5 Å². The van der Waals surface area contributed by atoms with Gasteiger partial charge in [-0.25, -0.2) is 13.2 Å². The van der Waals surface area contributed by atoms with Crippen molar-refractivity contribution in [2.45, 2.75) is 43.4 Å². The van der Waals surface area contributed by atoms with E-state index < -0.39 is 22.0 Å². The number of carbonyl (C=O) groups excluding carboxylic acids is 1. The van der Waals surface area contributed by atoms with Gasteiger partial charge in [0.15, 0.2) is 0 Å². The Morgan fingerprint density at radius 1 is 1.04 bits per heavy atom. The number of nitrogens with zero attached hydrogens (tertiary/aromatic N) is 1. The average Bonchev–Trinajstić information content (AvgIpc) is 2.89. The van der Waals surface area contributed by atoms with Crippen molar-refractivity contribution in [3.05, 3.63) is 24.3 Å². The Labute approximate surface area is 153 Å². The summed E-state index contributed by atoms with van der Waals surface area (Å²) in [6.45, 7) is 1.34. The van der Waals surface area contributed by atoms with Crippen molar-refractivity contribution < 1.29 is 23.1 Å². The maximum atomic E-state index is 12.7. The summed E-state index contributed by atoms with van der Waals surface area (Å²) in [5, 5.41) is 13.7. The van der Waals surface area contributed by atoms with Crippen LogP contribution >= 0.6 is 0 Å². The van der Waals surface area contributed by atoms with Crippen LogP contribution in [0.5, 0.6) is 0 Å².